The molecular formula is C17H16ClNO. The lowest BCUT2D eigenvalue weighted by Gasteiger charge is -2.05. The fourth-order valence-corrected chi connectivity index (χ4v) is 2.52. The third-order valence-electron chi connectivity index (χ3n) is 3.45. The highest BCUT2D eigenvalue weighted by Crippen LogP contribution is 2.25. The van der Waals surface area contributed by atoms with Gasteiger partial charge in [0.25, 0.3) is 0 Å². The molecule has 102 valence electrons. The van der Waals surface area contributed by atoms with Gasteiger partial charge in [0.05, 0.1) is 0 Å². The minimum atomic E-state index is 0.558. The van der Waals surface area contributed by atoms with Crippen LogP contribution >= 0.6 is 11.6 Å². The van der Waals surface area contributed by atoms with Gasteiger partial charge in [0.1, 0.15) is 12.4 Å². The molecule has 0 saturated heterocycles. The summed E-state index contributed by atoms with van der Waals surface area (Å²) < 4.78 is 7.93. The van der Waals surface area contributed by atoms with Gasteiger partial charge in [-0.2, -0.15) is 0 Å². The highest BCUT2D eigenvalue weighted by atomic mass is 35.5. The summed E-state index contributed by atoms with van der Waals surface area (Å²) in [5.41, 5.74) is 3.52. The lowest BCUT2D eigenvalue weighted by Crippen LogP contribution is -1.94. The topological polar surface area (TPSA) is 14.2 Å². The Morgan fingerprint density at radius 1 is 1.10 bits per heavy atom. The second-order valence-electron chi connectivity index (χ2n) is 5.03. The molecule has 0 aliphatic carbocycles. The Balaban J connectivity index is 1.86. The van der Waals surface area contributed by atoms with Crippen molar-refractivity contribution in [3.05, 3.63) is 64.8 Å². The van der Waals surface area contributed by atoms with E-state index < -0.39 is 0 Å². The van der Waals surface area contributed by atoms with Crippen LogP contribution in [-0.4, -0.2) is 4.57 Å². The normalized spacial score (nSPS) is 10.9. The van der Waals surface area contributed by atoms with Crippen LogP contribution in [0.25, 0.3) is 10.9 Å². The van der Waals surface area contributed by atoms with Gasteiger partial charge in [-0.05, 0) is 31.2 Å². The molecule has 2 nitrogen and oxygen atoms in total. The summed E-state index contributed by atoms with van der Waals surface area (Å²) in [5, 5.41) is 1.94. The van der Waals surface area contributed by atoms with Gasteiger partial charge < -0.3 is 9.30 Å². The van der Waals surface area contributed by atoms with Crippen LogP contribution in [-0.2, 0) is 13.7 Å². The van der Waals surface area contributed by atoms with Gasteiger partial charge in [-0.1, -0.05) is 35.4 Å². The van der Waals surface area contributed by atoms with E-state index in [0.29, 0.717) is 6.61 Å². The molecule has 3 heteroatoms. The zero-order chi connectivity index (χ0) is 14.1. The Morgan fingerprint density at radius 3 is 2.60 bits per heavy atom. The lowest BCUT2D eigenvalue weighted by molar-refractivity contribution is 0.307. The van der Waals surface area contributed by atoms with Gasteiger partial charge in [-0.15, -0.1) is 0 Å². The molecule has 0 fully saturated rings. The van der Waals surface area contributed by atoms with Crippen molar-refractivity contribution in [3.63, 3.8) is 0 Å². The molecule has 0 aliphatic rings. The SMILES string of the molecule is Cc1ccc(OCc2cn(C)c3cc(Cl)ccc23)cc1. The predicted octanol–water partition coefficient (Wildman–Crippen LogP) is 4.72. The zero-order valence-electron chi connectivity index (χ0n) is 11.6. The molecule has 0 N–H and O–H groups in total. The highest BCUT2D eigenvalue weighted by Gasteiger charge is 2.07. The average Bonchev–Trinajstić information content (AvgIpc) is 2.74. The third-order valence-corrected chi connectivity index (χ3v) is 3.69. The van der Waals surface area contributed by atoms with Crippen LogP contribution in [0.5, 0.6) is 5.75 Å². The summed E-state index contributed by atoms with van der Waals surface area (Å²) in [4.78, 5) is 0. The van der Waals surface area contributed by atoms with E-state index in [4.69, 9.17) is 16.3 Å². The smallest absolute Gasteiger partial charge is 0.119 e. The standard InChI is InChI=1S/C17H16ClNO/c1-12-3-6-15(7-4-12)20-11-13-10-19(2)17-9-14(18)5-8-16(13)17/h3-10H,11H2,1-2H3. The summed E-state index contributed by atoms with van der Waals surface area (Å²) in [6.07, 6.45) is 2.09. The van der Waals surface area contributed by atoms with E-state index in [1.54, 1.807) is 0 Å². The summed E-state index contributed by atoms with van der Waals surface area (Å²) in [5.74, 6) is 0.890. The Kier molecular flexibility index (Phi) is 3.41. The number of hydrogen-bond donors (Lipinski definition) is 0. The van der Waals surface area contributed by atoms with Crippen LogP contribution in [0, 0.1) is 6.92 Å². The van der Waals surface area contributed by atoms with Gasteiger partial charge in [0.15, 0.2) is 0 Å². The van der Waals surface area contributed by atoms with E-state index in [2.05, 4.69) is 29.8 Å². The van der Waals surface area contributed by atoms with Crippen LogP contribution in [0.2, 0.25) is 5.02 Å². The molecule has 20 heavy (non-hydrogen) atoms. The maximum absolute atomic E-state index is 6.04. The highest BCUT2D eigenvalue weighted by molar-refractivity contribution is 6.31. The van der Waals surface area contributed by atoms with Gasteiger partial charge in [0.2, 0.25) is 0 Å². The Bertz CT molecular complexity index is 744. The van der Waals surface area contributed by atoms with E-state index in [1.807, 2.05) is 37.4 Å². The second kappa shape index (κ2) is 5.22. The predicted molar refractivity (Wildman–Crippen MR) is 83.4 cm³/mol. The maximum atomic E-state index is 6.04. The largest absolute Gasteiger partial charge is 0.489 e. The molecule has 0 amide bonds. The van der Waals surface area contributed by atoms with Crippen molar-refractivity contribution in [3.8, 4) is 5.75 Å². The van der Waals surface area contributed by atoms with Gasteiger partial charge in [0, 0.05) is 34.7 Å². The monoisotopic (exact) mass is 285 g/mol. The van der Waals surface area contributed by atoms with E-state index in [9.17, 15) is 0 Å². The first-order chi connectivity index (χ1) is 9.63. The van der Waals surface area contributed by atoms with Gasteiger partial charge in [-0.3, -0.25) is 0 Å². The van der Waals surface area contributed by atoms with Crippen LogP contribution in [0.4, 0.5) is 0 Å². The fraction of sp³-hybridized carbons (Fsp3) is 0.176. The number of ether oxygens (including phenoxy) is 1. The molecule has 0 spiro atoms. The van der Waals surface area contributed by atoms with Crippen LogP contribution in [0.15, 0.2) is 48.7 Å². The number of aromatic nitrogens is 1. The van der Waals surface area contributed by atoms with Crippen molar-refractivity contribution >= 4 is 22.5 Å². The number of rotatable bonds is 3. The van der Waals surface area contributed by atoms with Crippen LogP contribution in [0.3, 0.4) is 0 Å². The second-order valence-corrected chi connectivity index (χ2v) is 5.46. The van der Waals surface area contributed by atoms with Gasteiger partial charge in [-0.25, -0.2) is 0 Å². The molecule has 3 aromatic rings. The van der Waals surface area contributed by atoms with E-state index in [0.717, 1.165) is 16.3 Å². The molecule has 3 rings (SSSR count). The van der Waals surface area contributed by atoms with Crippen molar-refractivity contribution in [1.29, 1.82) is 0 Å². The maximum Gasteiger partial charge on any atom is 0.119 e. The molecule has 0 unspecified atom stereocenters. The number of nitrogens with zero attached hydrogens (tertiary/aromatic N) is 1. The minimum Gasteiger partial charge on any atom is -0.489 e. The zero-order valence-corrected chi connectivity index (χ0v) is 12.3. The van der Waals surface area contributed by atoms with E-state index in [1.165, 1.54) is 16.5 Å². The third kappa shape index (κ3) is 2.52. The van der Waals surface area contributed by atoms with Crippen molar-refractivity contribution in [2.24, 2.45) is 7.05 Å². The molecule has 0 bridgehead atoms. The first-order valence-electron chi connectivity index (χ1n) is 6.56. The average molecular weight is 286 g/mol. The van der Waals surface area contributed by atoms with Gasteiger partial charge >= 0.3 is 0 Å². The molecule has 0 radical (unpaired) electrons. The first kappa shape index (κ1) is 13.1. The van der Waals surface area contributed by atoms with Crippen LogP contribution in [0.1, 0.15) is 11.1 Å². The summed E-state index contributed by atoms with van der Waals surface area (Å²) in [7, 11) is 2.02. The van der Waals surface area contributed by atoms with Crippen molar-refractivity contribution < 1.29 is 4.74 Å². The fourth-order valence-electron chi connectivity index (χ4n) is 2.35. The minimum absolute atomic E-state index is 0.558. The number of aryl methyl sites for hydroxylation is 2. The Hall–Kier alpha value is -1.93. The molecule has 0 saturated carbocycles. The van der Waals surface area contributed by atoms with E-state index >= 15 is 0 Å². The summed E-state index contributed by atoms with van der Waals surface area (Å²) in [6.45, 7) is 2.63. The molecule has 2 aromatic carbocycles. The summed E-state index contributed by atoms with van der Waals surface area (Å²) >= 11 is 6.04. The number of halogens is 1. The quantitative estimate of drug-likeness (QED) is 0.679. The number of hydrogen-bond acceptors (Lipinski definition) is 1. The van der Waals surface area contributed by atoms with Crippen molar-refractivity contribution in [1.82, 2.24) is 4.57 Å². The Labute approximate surface area is 123 Å². The molecule has 1 heterocycles. The molecule has 0 aliphatic heterocycles. The number of benzene rings is 2. The van der Waals surface area contributed by atoms with Crippen molar-refractivity contribution in [2.45, 2.75) is 13.5 Å². The lowest BCUT2D eigenvalue weighted by atomic mass is 10.2. The Morgan fingerprint density at radius 2 is 1.85 bits per heavy atom. The molecular weight excluding hydrogens is 270 g/mol. The number of fused-ring (bicyclic) bond motifs is 1. The van der Waals surface area contributed by atoms with E-state index in [-0.39, 0.29) is 0 Å². The van der Waals surface area contributed by atoms with Crippen LogP contribution < -0.4 is 4.74 Å². The molecule has 1 aromatic heterocycles. The summed E-state index contributed by atoms with van der Waals surface area (Å²) in [6, 6.07) is 14.0. The first-order valence-corrected chi connectivity index (χ1v) is 6.94. The molecule has 0 atom stereocenters. The van der Waals surface area contributed by atoms with Crippen molar-refractivity contribution in [2.75, 3.05) is 0 Å².